The predicted octanol–water partition coefficient (Wildman–Crippen LogP) is 4.83. The Bertz CT molecular complexity index is 1460. The Morgan fingerprint density at radius 3 is 2.56 bits per heavy atom. The van der Waals surface area contributed by atoms with Crippen molar-refractivity contribution in [3.05, 3.63) is 59.9 Å². The fraction of sp³-hybridized carbons (Fsp3) is 0.393. The van der Waals surface area contributed by atoms with Crippen LogP contribution >= 0.6 is 0 Å². The van der Waals surface area contributed by atoms with Crippen LogP contribution in [0.4, 0.5) is 10.2 Å². The van der Waals surface area contributed by atoms with Crippen LogP contribution in [0.25, 0.3) is 11.3 Å². The number of carbonyl (C=O) groups is 1. The van der Waals surface area contributed by atoms with Gasteiger partial charge in [0.2, 0.25) is 5.88 Å². The molecule has 0 radical (unpaired) electrons. The third-order valence-corrected chi connectivity index (χ3v) is 7.99. The van der Waals surface area contributed by atoms with Crippen molar-refractivity contribution in [2.75, 3.05) is 12.3 Å². The molecule has 3 N–H and O–H groups in total. The molecule has 1 saturated carbocycles. The van der Waals surface area contributed by atoms with Crippen LogP contribution in [0.1, 0.15) is 50.9 Å². The Morgan fingerprint density at radius 2 is 1.90 bits per heavy atom. The third-order valence-electron chi connectivity index (χ3n) is 6.76. The van der Waals surface area contributed by atoms with Gasteiger partial charge < -0.3 is 15.2 Å². The highest BCUT2D eigenvalue weighted by Crippen LogP contribution is 2.35. The summed E-state index contributed by atoms with van der Waals surface area (Å²) < 4.78 is 54.1. The second-order valence-corrected chi connectivity index (χ2v) is 12.0. The number of sulfonamides is 1. The number of rotatable bonds is 9. The van der Waals surface area contributed by atoms with Crippen molar-refractivity contribution in [3.8, 4) is 22.9 Å². The predicted molar refractivity (Wildman–Crippen MR) is 145 cm³/mol. The van der Waals surface area contributed by atoms with Gasteiger partial charge in [0.25, 0.3) is 15.9 Å². The highest BCUT2D eigenvalue weighted by atomic mass is 32.2. The number of halogens is 1. The summed E-state index contributed by atoms with van der Waals surface area (Å²) in [6.07, 6.45) is 1.48. The van der Waals surface area contributed by atoms with Gasteiger partial charge in [-0.3, -0.25) is 4.79 Å². The van der Waals surface area contributed by atoms with Gasteiger partial charge in [0.05, 0.1) is 12.3 Å². The zero-order chi connectivity index (χ0) is 28.3. The minimum absolute atomic E-state index is 0.00320. The van der Waals surface area contributed by atoms with E-state index in [9.17, 15) is 17.6 Å². The molecule has 1 amide bonds. The van der Waals surface area contributed by atoms with Gasteiger partial charge in [-0.25, -0.2) is 19.1 Å². The highest BCUT2D eigenvalue weighted by molar-refractivity contribution is 7.90. The molecule has 0 aliphatic heterocycles. The van der Waals surface area contributed by atoms with Crippen LogP contribution < -0.4 is 19.9 Å². The lowest BCUT2D eigenvalue weighted by Gasteiger charge is -2.21. The zero-order valence-electron chi connectivity index (χ0n) is 22.3. The monoisotopic (exact) mass is 556 g/mol. The van der Waals surface area contributed by atoms with Gasteiger partial charge in [-0.1, -0.05) is 33.8 Å². The van der Waals surface area contributed by atoms with E-state index in [4.69, 9.17) is 15.2 Å². The molecule has 1 aliphatic rings. The number of aromatic nitrogens is 2. The van der Waals surface area contributed by atoms with E-state index in [0.29, 0.717) is 29.5 Å². The van der Waals surface area contributed by atoms with Crippen molar-refractivity contribution < 1.29 is 27.1 Å². The minimum atomic E-state index is -4.32. The van der Waals surface area contributed by atoms with Crippen LogP contribution in [0.5, 0.6) is 11.6 Å². The maximum absolute atomic E-state index is 14.5. The van der Waals surface area contributed by atoms with E-state index >= 15 is 0 Å². The summed E-state index contributed by atoms with van der Waals surface area (Å²) >= 11 is 0. The van der Waals surface area contributed by atoms with E-state index in [1.165, 1.54) is 42.5 Å². The molecular formula is C28H33FN4O5S. The zero-order valence-corrected chi connectivity index (χ0v) is 23.2. The van der Waals surface area contributed by atoms with Gasteiger partial charge in [-0.05, 0) is 67.0 Å². The first-order valence-electron chi connectivity index (χ1n) is 12.8. The second-order valence-electron chi connectivity index (χ2n) is 10.3. The molecule has 4 rings (SSSR count). The van der Waals surface area contributed by atoms with Crippen LogP contribution in [-0.4, -0.2) is 37.0 Å². The standard InChI is InChI=1S/C28H33FN4O5S/c1-16(2)15-37-21-13-19(12-20(29)14-21)23-10-9-22(28(31-23)38-24-11-8-17(3)18(24)4)27(34)33-39(35,36)26-7-5-6-25(30)32-26/h5-7,9-10,12-14,16-18,24H,8,11,15H2,1-4H3,(H2,30,32)(H,33,34). The number of nitrogens with one attached hydrogen (secondary N) is 1. The maximum atomic E-state index is 14.5. The minimum Gasteiger partial charge on any atom is -0.493 e. The van der Waals surface area contributed by atoms with E-state index in [-0.39, 0.29) is 35.2 Å². The summed E-state index contributed by atoms with van der Waals surface area (Å²) in [5.41, 5.74) is 6.30. The fourth-order valence-corrected chi connectivity index (χ4v) is 5.30. The summed E-state index contributed by atoms with van der Waals surface area (Å²) in [5.74, 6) is -0.280. The summed E-state index contributed by atoms with van der Waals surface area (Å²) in [4.78, 5) is 21.6. The van der Waals surface area contributed by atoms with Gasteiger partial charge in [0.1, 0.15) is 29.1 Å². The number of nitrogens with zero attached hydrogens (tertiary/aromatic N) is 2. The van der Waals surface area contributed by atoms with Gasteiger partial charge in [0.15, 0.2) is 5.03 Å². The molecule has 3 aromatic rings. The first-order valence-corrected chi connectivity index (χ1v) is 14.3. The van der Waals surface area contributed by atoms with Crippen molar-refractivity contribution >= 4 is 21.7 Å². The Labute approximate surface area is 228 Å². The molecule has 3 unspecified atom stereocenters. The molecule has 1 aromatic carbocycles. The number of carbonyl (C=O) groups excluding carboxylic acids is 1. The van der Waals surface area contributed by atoms with Gasteiger partial charge >= 0.3 is 0 Å². The molecule has 9 nitrogen and oxygen atoms in total. The van der Waals surface area contributed by atoms with E-state index in [1.807, 2.05) is 18.6 Å². The number of nitrogen functional groups attached to an aromatic ring is 1. The van der Waals surface area contributed by atoms with E-state index in [0.717, 1.165) is 12.8 Å². The SMILES string of the molecule is CC(C)COc1cc(F)cc(-c2ccc(C(=O)NS(=O)(=O)c3cccc(N)n3)c(OC3CCC(C)C3C)n2)c1. The van der Waals surface area contributed by atoms with Gasteiger partial charge in [-0.15, -0.1) is 0 Å². The average molecular weight is 557 g/mol. The number of hydrogen-bond acceptors (Lipinski definition) is 8. The normalized spacial score (nSPS) is 19.2. The number of anilines is 1. The summed E-state index contributed by atoms with van der Waals surface area (Å²) in [6.45, 7) is 8.58. The van der Waals surface area contributed by atoms with Crippen molar-refractivity contribution in [1.82, 2.24) is 14.7 Å². The first kappa shape index (κ1) is 28.3. The fourth-order valence-electron chi connectivity index (χ4n) is 4.36. The van der Waals surface area contributed by atoms with Crippen LogP contribution in [0.2, 0.25) is 0 Å². The molecule has 39 heavy (non-hydrogen) atoms. The van der Waals surface area contributed by atoms with Gasteiger partial charge in [-0.2, -0.15) is 8.42 Å². The van der Waals surface area contributed by atoms with Crippen LogP contribution in [0, 0.1) is 23.6 Å². The number of ether oxygens (including phenoxy) is 2. The highest BCUT2D eigenvalue weighted by Gasteiger charge is 2.33. The van der Waals surface area contributed by atoms with Crippen molar-refractivity contribution in [2.45, 2.75) is 51.7 Å². The molecule has 208 valence electrons. The Morgan fingerprint density at radius 1 is 1.13 bits per heavy atom. The smallest absolute Gasteiger partial charge is 0.281 e. The summed E-state index contributed by atoms with van der Waals surface area (Å²) in [7, 11) is -4.32. The van der Waals surface area contributed by atoms with Gasteiger partial charge in [0, 0.05) is 11.6 Å². The molecule has 1 aliphatic carbocycles. The quantitative estimate of drug-likeness (QED) is 0.383. The molecular weight excluding hydrogens is 523 g/mol. The van der Waals surface area contributed by atoms with E-state index in [1.54, 1.807) is 6.07 Å². The Kier molecular flexibility index (Phi) is 8.39. The lowest BCUT2D eigenvalue weighted by Crippen LogP contribution is -2.32. The van der Waals surface area contributed by atoms with E-state index < -0.39 is 26.8 Å². The Hall–Kier alpha value is -3.73. The third kappa shape index (κ3) is 6.83. The molecule has 3 atom stereocenters. The van der Waals surface area contributed by atoms with Crippen molar-refractivity contribution in [3.63, 3.8) is 0 Å². The second kappa shape index (κ2) is 11.6. The molecule has 0 saturated heterocycles. The molecule has 11 heteroatoms. The number of amides is 1. The molecule has 2 aromatic heterocycles. The van der Waals surface area contributed by atoms with Crippen molar-refractivity contribution in [1.29, 1.82) is 0 Å². The molecule has 0 bridgehead atoms. The largest absolute Gasteiger partial charge is 0.493 e. The van der Waals surface area contributed by atoms with Crippen LogP contribution in [0.15, 0.2) is 53.6 Å². The molecule has 2 heterocycles. The first-order chi connectivity index (χ1) is 18.4. The number of nitrogens with two attached hydrogens (primary N) is 1. The average Bonchev–Trinajstić information content (AvgIpc) is 3.19. The molecule has 0 spiro atoms. The summed E-state index contributed by atoms with van der Waals surface area (Å²) in [5, 5.41) is -0.394. The lowest BCUT2D eigenvalue weighted by molar-refractivity contribution is 0.0966. The number of benzene rings is 1. The topological polar surface area (TPSA) is 134 Å². The maximum Gasteiger partial charge on any atom is 0.281 e. The number of pyridine rings is 2. The van der Waals surface area contributed by atoms with Crippen molar-refractivity contribution in [2.24, 2.45) is 17.8 Å². The molecule has 1 fully saturated rings. The Balaban J connectivity index is 1.70. The van der Waals surface area contributed by atoms with Crippen LogP contribution in [-0.2, 0) is 10.0 Å². The van der Waals surface area contributed by atoms with E-state index in [2.05, 4.69) is 23.8 Å². The number of hydrogen-bond donors (Lipinski definition) is 2. The summed E-state index contributed by atoms with van der Waals surface area (Å²) in [6, 6.07) is 11.3. The lowest BCUT2D eigenvalue weighted by atomic mass is 9.99. The van der Waals surface area contributed by atoms with Crippen LogP contribution in [0.3, 0.4) is 0 Å².